The topological polar surface area (TPSA) is 56.0 Å². The monoisotopic (exact) mass is 304 g/mol. The van der Waals surface area contributed by atoms with E-state index in [9.17, 15) is 17.4 Å². The zero-order valence-electron chi connectivity index (χ0n) is 10.7. The number of terminal acetylenes is 1. The lowest BCUT2D eigenvalue weighted by Crippen LogP contribution is -2.05. The normalized spacial score (nSPS) is 15.0. The summed E-state index contributed by atoms with van der Waals surface area (Å²) in [4.78, 5) is 3.23. The van der Waals surface area contributed by atoms with Crippen LogP contribution in [0.25, 0.3) is 5.57 Å². The molecule has 0 spiro atoms. The molecule has 8 heteroatoms. The molecule has 1 heterocycles. The summed E-state index contributed by atoms with van der Waals surface area (Å²) in [5.74, 6) is 0.959. The van der Waals surface area contributed by atoms with Crippen molar-refractivity contribution in [1.29, 1.82) is 0 Å². The maximum absolute atomic E-state index is 12.3. The second-order valence-corrected chi connectivity index (χ2v) is 5.26. The van der Waals surface area contributed by atoms with E-state index in [-0.39, 0.29) is 11.6 Å². The highest BCUT2D eigenvalue weighted by molar-refractivity contribution is 7.84. The Morgan fingerprint density at radius 3 is 2.60 bits per heavy atom. The van der Waals surface area contributed by atoms with E-state index in [2.05, 4.69) is 20.6 Å². The van der Waals surface area contributed by atoms with Crippen LogP contribution in [0.5, 0.6) is 0 Å². The fourth-order valence-corrected chi connectivity index (χ4v) is 1.77. The Hall–Kier alpha value is -1.88. The molecule has 0 aliphatic carbocycles. The van der Waals surface area contributed by atoms with Gasteiger partial charge in [-0.25, -0.2) is 0 Å². The van der Waals surface area contributed by atoms with Crippen molar-refractivity contribution in [3.05, 3.63) is 29.4 Å². The molecule has 0 saturated heterocycles. The van der Waals surface area contributed by atoms with Gasteiger partial charge in [-0.2, -0.15) is 18.2 Å². The van der Waals surface area contributed by atoms with Crippen molar-refractivity contribution in [3.8, 4) is 12.3 Å². The molecule has 0 aromatic carbocycles. The third-order valence-electron chi connectivity index (χ3n) is 2.10. The highest BCUT2D eigenvalue weighted by Gasteiger charge is 2.38. The first-order valence-electron chi connectivity index (χ1n) is 5.29. The lowest BCUT2D eigenvalue weighted by molar-refractivity contribution is -0.159. The summed E-state index contributed by atoms with van der Waals surface area (Å²) < 4.78 is 52.0. The summed E-state index contributed by atoms with van der Waals surface area (Å²) in [6, 6.07) is 0. The summed E-state index contributed by atoms with van der Waals surface area (Å²) in [6.07, 6.45) is 4.98. The number of rotatable bonds is 4. The van der Waals surface area contributed by atoms with Gasteiger partial charge in [0.1, 0.15) is 0 Å². The highest BCUT2D eigenvalue weighted by atomic mass is 32.2. The van der Waals surface area contributed by atoms with E-state index in [4.69, 9.17) is 6.42 Å². The number of aromatic nitrogens is 2. The standard InChI is InChI=1S/C12H11F3N2O2S/c1-4-9(7-20(3)18)6-5-8(2)10-16-11(19-17-10)12(13,14)15/h1,5-6H,7H2,2-3H3/b8-5+,9-6+. The molecule has 0 radical (unpaired) electrons. The van der Waals surface area contributed by atoms with E-state index < -0.39 is 22.9 Å². The van der Waals surface area contributed by atoms with Crippen molar-refractivity contribution in [2.24, 2.45) is 0 Å². The fourth-order valence-electron chi connectivity index (χ4n) is 1.16. The van der Waals surface area contributed by atoms with Crippen molar-refractivity contribution < 1.29 is 21.9 Å². The predicted molar refractivity (Wildman–Crippen MR) is 68.8 cm³/mol. The summed E-state index contributed by atoms with van der Waals surface area (Å²) >= 11 is 0. The molecule has 0 bridgehead atoms. The van der Waals surface area contributed by atoms with Crippen LogP contribution in [-0.2, 0) is 17.0 Å². The number of nitrogens with zero attached hydrogens (tertiary/aromatic N) is 2. The molecular formula is C12H11F3N2O2S. The maximum Gasteiger partial charge on any atom is 0.471 e. The van der Waals surface area contributed by atoms with E-state index in [0.717, 1.165) is 0 Å². The molecule has 1 rings (SSSR count). The van der Waals surface area contributed by atoms with Crippen LogP contribution in [0.4, 0.5) is 13.2 Å². The molecule has 1 atom stereocenters. The fraction of sp³-hybridized carbons (Fsp3) is 0.333. The number of halogens is 3. The van der Waals surface area contributed by atoms with Crippen molar-refractivity contribution in [1.82, 2.24) is 10.1 Å². The second kappa shape index (κ2) is 6.52. The molecule has 20 heavy (non-hydrogen) atoms. The summed E-state index contributed by atoms with van der Waals surface area (Å²) in [5.41, 5.74) is 0.809. The van der Waals surface area contributed by atoms with E-state index in [1.165, 1.54) is 25.3 Å². The van der Waals surface area contributed by atoms with Gasteiger partial charge in [0.05, 0.1) is 5.75 Å². The Labute approximate surface area is 116 Å². The lowest BCUT2D eigenvalue weighted by Gasteiger charge is -1.96. The Bertz CT molecular complexity index is 609. The van der Waals surface area contributed by atoms with Gasteiger partial charge in [0.15, 0.2) is 5.82 Å². The predicted octanol–water partition coefficient (Wildman–Crippen LogP) is 2.43. The van der Waals surface area contributed by atoms with Crippen molar-refractivity contribution in [2.45, 2.75) is 13.1 Å². The molecule has 1 aromatic rings. The lowest BCUT2D eigenvalue weighted by atomic mass is 10.2. The summed E-state index contributed by atoms with van der Waals surface area (Å²) in [5, 5.41) is 3.23. The molecule has 0 fully saturated rings. The third-order valence-corrected chi connectivity index (χ3v) is 2.82. The van der Waals surface area contributed by atoms with Gasteiger partial charge in [-0.05, 0) is 18.6 Å². The molecule has 0 saturated carbocycles. The van der Waals surface area contributed by atoms with E-state index >= 15 is 0 Å². The van der Waals surface area contributed by atoms with Crippen LogP contribution in [0.1, 0.15) is 18.6 Å². The van der Waals surface area contributed by atoms with E-state index in [0.29, 0.717) is 11.1 Å². The average molecular weight is 304 g/mol. The third kappa shape index (κ3) is 4.66. The van der Waals surface area contributed by atoms with Crippen LogP contribution < -0.4 is 0 Å². The minimum absolute atomic E-state index is 0.178. The van der Waals surface area contributed by atoms with Gasteiger partial charge >= 0.3 is 12.1 Å². The van der Waals surface area contributed by atoms with Gasteiger partial charge in [0.2, 0.25) is 0 Å². The molecule has 0 aliphatic rings. The van der Waals surface area contributed by atoms with Crippen LogP contribution in [-0.4, -0.2) is 26.4 Å². The average Bonchev–Trinajstić information content (AvgIpc) is 2.82. The minimum atomic E-state index is -4.68. The minimum Gasteiger partial charge on any atom is -0.329 e. The molecule has 108 valence electrons. The Kier molecular flexibility index (Phi) is 5.27. The first-order valence-corrected chi connectivity index (χ1v) is 7.02. The zero-order valence-corrected chi connectivity index (χ0v) is 11.5. The first kappa shape index (κ1) is 16.2. The molecule has 1 aromatic heterocycles. The van der Waals surface area contributed by atoms with Crippen molar-refractivity contribution >= 4 is 16.4 Å². The SMILES string of the molecule is C#C/C(=C\C=C(/C)c1noc(C(F)(F)F)n1)CS(C)=O. The summed E-state index contributed by atoms with van der Waals surface area (Å²) in [7, 11) is -1.10. The summed E-state index contributed by atoms with van der Waals surface area (Å²) in [6.45, 7) is 1.51. The first-order chi connectivity index (χ1) is 9.24. The van der Waals surface area contributed by atoms with E-state index in [1.807, 2.05) is 0 Å². The molecule has 0 aliphatic heterocycles. The molecule has 0 amide bonds. The Morgan fingerprint density at radius 2 is 2.15 bits per heavy atom. The Morgan fingerprint density at radius 1 is 1.50 bits per heavy atom. The van der Waals surface area contributed by atoms with Gasteiger partial charge in [-0.15, -0.1) is 6.42 Å². The zero-order chi connectivity index (χ0) is 15.3. The van der Waals surface area contributed by atoms with Crippen LogP contribution in [0.2, 0.25) is 0 Å². The van der Waals surface area contributed by atoms with Crippen LogP contribution in [0.3, 0.4) is 0 Å². The van der Waals surface area contributed by atoms with Gasteiger partial charge < -0.3 is 4.52 Å². The van der Waals surface area contributed by atoms with Gasteiger partial charge in [0.25, 0.3) is 0 Å². The molecule has 0 N–H and O–H groups in total. The van der Waals surface area contributed by atoms with Gasteiger partial charge in [-0.3, -0.25) is 4.21 Å². The highest BCUT2D eigenvalue weighted by Crippen LogP contribution is 2.28. The van der Waals surface area contributed by atoms with Crippen LogP contribution in [0, 0.1) is 12.3 Å². The van der Waals surface area contributed by atoms with Gasteiger partial charge in [0, 0.05) is 22.6 Å². The molecule has 4 nitrogen and oxygen atoms in total. The number of hydrogen-bond acceptors (Lipinski definition) is 4. The van der Waals surface area contributed by atoms with Gasteiger partial charge in [-0.1, -0.05) is 17.2 Å². The van der Waals surface area contributed by atoms with Crippen LogP contribution >= 0.6 is 0 Å². The second-order valence-electron chi connectivity index (χ2n) is 3.82. The Balaban J connectivity index is 2.94. The van der Waals surface area contributed by atoms with Crippen molar-refractivity contribution in [2.75, 3.05) is 12.0 Å². The van der Waals surface area contributed by atoms with E-state index in [1.54, 1.807) is 0 Å². The number of hydrogen-bond donors (Lipinski definition) is 0. The quantitative estimate of drug-likeness (QED) is 0.633. The largest absolute Gasteiger partial charge is 0.471 e. The number of alkyl halides is 3. The molecule has 1 unspecified atom stereocenters. The maximum atomic E-state index is 12.3. The molecular weight excluding hydrogens is 293 g/mol. The van der Waals surface area contributed by atoms with Crippen molar-refractivity contribution in [3.63, 3.8) is 0 Å². The van der Waals surface area contributed by atoms with Crippen LogP contribution in [0.15, 0.2) is 22.2 Å². The number of allylic oxidation sites excluding steroid dienone is 3. The smallest absolute Gasteiger partial charge is 0.329 e.